The largest absolute Gasteiger partial charge is 0.481 e. The van der Waals surface area contributed by atoms with Crippen LogP contribution in [-0.2, 0) is 20.9 Å². The molecule has 98 valence electrons. The van der Waals surface area contributed by atoms with Crippen molar-refractivity contribution in [3.63, 3.8) is 0 Å². The van der Waals surface area contributed by atoms with Gasteiger partial charge in [0, 0.05) is 24.4 Å². The second-order valence-corrected chi connectivity index (χ2v) is 4.72. The molecule has 0 bridgehead atoms. The Balaban J connectivity index is 2.46. The SMILES string of the molecule is CC(C)(CCC(=O)O)C(=O)OCc1cccnc1. The van der Waals surface area contributed by atoms with Gasteiger partial charge in [-0.15, -0.1) is 0 Å². The third kappa shape index (κ3) is 4.53. The van der Waals surface area contributed by atoms with Crippen LogP contribution < -0.4 is 0 Å². The molecule has 1 aromatic heterocycles. The van der Waals surface area contributed by atoms with Gasteiger partial charge in [-0.1, -0.05) is 6.07 Å². The minimum atomic E-state index is -0.914. The number of hydrogen-bond acceptors (Lipinski definition) is 4. The van der Waals surface area contributed by atoms with Crippen molar-refractivity contribution in [2.24, 2.45) is 5.41 Å². The third-order valence-corrected chi connectivity index (χ3v) is 2.61. The van der Waals surface area contributed by atoms with Crippen molar-refractivity contribution in [3.8, 4) is 0 Å². The Hall–Kier alpha value is -1.91. The molecule has 0 saturated carbocycles. The zero-order valence-corrected chi connectivity index (χ0v) is 10.5. The van der Waals surface area contributed by atoms with Crippen LogP contribution in [-0.4, -0.2) is 22.0 Å². The number of esters is 1. The summed E-state index contributed by atoms with van der Waals surface area (Å²) in [5, 5.41) is 8.61. The van der Waals surface area contributed by atoms with E-state index in [0.29, 0.717) is 0 Å². The first-order valence-corrected chi connectivity index (χ1v) is 5.70. The molecule has 0 aliphatic carbocycles. The zero-order valence-electron chi connectivity index (χ0n) is 10.5. The number of ether oxygens (including phenoxy) is 1. The zero-order chi connectivity index (χ0) is 13.6. The Kier molecular flexibility index (Phi) is 4.83. The molecule has 0 spiro atoms. The summed E-state index contributed by atoms with van der Waals surface area (Å²) in [5.41, 5.74) is 0.0144. The van der Waals surface area contributed by atoms with Gasteiger partial charge in [0.15, 0.2) is 0 Å². The molecule has 0 aromatic carbocycles. The Morgan fingerprint density at radius 1 is 1.44 bits per heavy atom. The van der Waals surface area contributed by atoms with Crippen molar-refractivity contribution >= 4 is 11.9 Å². The fourth-order valence-electron chi connectivity index (χ4n) is 1.35. The van der Waals surface area contributed by atoms with Crippen LogP contribution >= 0.6 is 0 Å². The lowest BCUT2D eigenvalue weighted by molar-refractivity contribution is -0.156. The first-order valence-electron chi connectivity index (χ1n) is 5.70. The van der Waals surface area contributed by atoms with Crippen molar-refractivity contribution in [1.82, 2.24) is 4.98 Å². The minimum Gasteiger partial charge on any atom is -0.481 e. The average Bonchev–Trinajstić information content (AvgIpc) is 2.35. The van der Waals surface area contributed by atoms with Gasteiger partial charge in [0.2, 0.25) is 0 Å². The maximum absolute atomic E-state index is 11.8. The number of carboxylic acid groups (broad SMARTS) is 1. The Labute approximate surface area is 106 Å². The first kappa shape index (κ1) is 14.2. The van der Waals surface area contributed by atoms with Crippen molar-refractivity contribution in [3.05, 3.63) is 30.1 Å². The number of carbonyl (C=O) groups is 2. The molecule has 5 heteroatoms. The fourth-order valence-corrected chi connectivity index (χ4v) is 1.35. The lowest BCUT2D eigenvalue weighted by atomic mass is 9.88. The number of carboxylic acids is 1. The second kappa shape index (κ2) is 6.14. The number of aliphatic carboxylic acids is 1. The molecule has 0 aliphatic heterocycles. The molecular formula is C13H17NO4. The lowest BCUT2D eigenvalue weighted by Crippen LogP contribution is -2.27. The van der Waals surface area contributed by atoms with Gasteiger partial charge < -0.3 is 9.84 Å². The molecule has 5 nitrogen and oxygen atoms in total. The minimum absolute atomic E-state index is 0.0466. The Bertz CT molecular complexity index is 414. The molecule has 0 amide bonds. The average molecular weight is 251 g/mol. The van der Waals surface area contributed by atoms with E-state index in [9.17, 15) is 9.59 Å². The highest BCUT2D eigenvalue weighted by atomic mass is 16.5. The van der Waals surface area contributed by atoms with E-state index in [1.165, 1.54) is 0 Å². The van der Waals surface area contributed by atoms with Crippen LogP contribution in [0.15, 0.2) is 24.5 Å². The summed E-state index contributed by atoms with van der Waals surface area (Å²) in [6, 6.07) is 3.57. The number of aromatic nitrogens is 1. The van der Waals surface area contributed by atoms with Crippen molar-refractivity contribution in [2.45, 2.75) is 33.3 Å². The van der Waals surface area contributed by atoms with Gasteiger partial charge in [-0.3, -0.25) is 14.6 Å². The van der Waals surface area contributed by atoms with Gasteiger partial charge in [-0.2, -0.15) is 0 Å². The molecule has 1 aromatic rings. The summed E-state index contributed by atoms with van der Waals surface area (Å²) < 4.78 is 5.15. The summed E-state index contributed by atoms with van der Waals surface area (Å²) in [4.78, 5) is 26.2. The number of hydrogen-bond donors (Lipinski definition) is 1. The highest BCUT2D eigenvalue weighted by Gasteiger charge is 2.29. The van der Waals surface area contributed by atoms with Crippen molar-refractivity contribution in [1.29, 1.82) is 0 Å². The Morgan fingerprint density at radius 3 is 2.72 bits per heavy atom. The molecule has 0 saturated heterocycles. The summed E-state index contributed by atoms with van der Waals surface area (Å²) in [7, 11) is 0. The molecule has 1 rings (SSSR count). The normalized spacial score (nSPS) is 11.0. The van der Waals surface area contributed by atoms with Crippen molar-refractivity contribution < 1.29 is 19.4 Å². The molecule has 0 aliphatic rings. The van der Waals surface area contributed by atoms with Crippen LogP contribution in [0.1, 0.15) is 32.3 Å². The standard InChI is InChI=1S/C13H17NO4/c1-13(2,6-5-11(15)16)12(17)18-9-10-4-3-7-14-8-10/h3-4,7-8H,5-6,9H2,1-2H3,(H,15,16). The predicted octanol–water partition coefficient (Wildman–Crippen LogP) is 2.02. The maximum atomic E-state index is 11.8. The van der Waals surface area contributed by atoms with Crippen molar-refractivity contribution in [2.75, 3.05) is 0 Å². The predicted molar refractivity (Wildman–Crippen MR) is 64.7 cm³/mol. The number of nitrogens with zero attached hydrogens (tertiary/aromatic N) is 1. The van der Waals surface area contributed by atoms with E-state index < -0.39 is 17.4 Å². The summed E-state index contributed by atoms with van der Waals surface area (Å²) in [6.07, 6.45) is 3.48. The summed E-state index contributed by atoms with van der Waals surface area (Å²) >= 11 is 0. The van der Waals surface area contributed by atoms with E-state index >= 15 is 0 Å². The number of rotatable bonds is 6. The van der Waals surface area contributed by atoms with Crippen LogP contribution in [0, 0.1) is 5.41 Å². The van der Waals surface area contributed by atoms with E-state index in [0.717, 1.165) is 5.56 Å². The molecule has 1 heterocycles. The smallest absolute Gasteiger partial charge is 0.311 e. The first-order chi connectivity index (χ1) is 8.42. The van der Waals surface area contributed by atoms with Crippen LogP contribution in [0.2, 0.25) is 0 Å². The van der Waals surface area contributed by atoms with Crippen LogP contribution in [0.3, 0.4) is 0 Å². The molecule has 0 fully saturated rings. The van der Waals surface area contributed by atoms with Gasteiger partial charge in [0.1, 0.15) is 6.61 Å². The number of pyridine rings is 1. The number of carbonyl (C=O) groups excluding carboxylic acids is 1. The quantitative estimate of drug-likeness (QED) is 0.783. The fraction of sp³-hybridized carbons (Fsp3) is 0.462. The van der Waals surface area contributed by atoms with E-state index in [2.05, 4.69) is 4.98 Å². The van der Waals surface area contributed by atoms with E-state index in [-0.39, 0.29) is 19.4 Å². The van der Waals surface area contributed by atoms with E-state index in [1.807, 2.05) is 6.07 Å². The van der Waals surface area contributed by atoms with Gasteiger partial charge in [-0.25, -0.2) is 0 Å². The van der Waals surface area contributed by atoms with Crippen LogP contribution in [0.25, 0.3) is 0 Å². The maximum Gasteiger partial charge on any atom is 0.311 e. The molecule has 1 N–H and O–H groups in total. The second-order valence-electron chi connectivity index (χ2n) is 4.72. The van der Waals surface area contributed by atoms with Gasteiger partial charge >= 0.3 is 11.9 Å². The van der Waals surface area contributed by atoms with E-state index in [1.54, 1.807) is 32.3 Å². The highest BCUT2D eigenvalue weighted by molar-refractivity contribution is 5.77. The monoisotopic (exact) mass is 251 g/mol. The van der Waals surface area contributed by atoms with Crippen LogP contribution in [0.4, 0.5) is 0 Å². The highest BCUT2D eigenvalue weighted by Crippen LogP contribution is 2.24. The summed E-state index contributed by atoms with van der Waals surface area (Å²) in [6.45, 7) is 3.52. The third-order valence-electron chi connectivity index (χ3n) is 2.61. The molecular weight excluding hydrogens is 234 g/mol. The summed E-state index contributed by atoms with van der Waals surface area (Å²) in [5.74, 6) is -1.31. The molecule has 0 atom stereocenters. The van der Waals surface area contributed by atoms with Crippen LogP contribution in [0.5, 0.6) is 0 Å². The topological polar surface area (TPSA) is 76.5 Å². The van der Waals surface area contributed by atoms with Gasteiger partial charge in [0.25, 0.3) is 0 Å². The molecule has 18 heavy (non-hydrogen) atoms. The molecule has 0 unspecified atom stereocenters. The van der Waals surface area contributed by atoms with Gasteiger partial charge in [0.05, 0.1) is 5.41 Å². The Morgan fingerprint density at radius 2 is 2.17 bits per heavy atom. The lowest BCUT2D eigenvalue weighted by Gasteiger charge is -2.21. The molecule has 0 radical (unpaired) electrons. The van der Waals surface area contributed by atoms with E-state index in [4.69, 9.17) is 9.84 Å². The van der Waals surface area contributed by atoms with Gasteiger partial charge in [-0.05, 0) is 26.3 Å².